The average molecular weight is 397 g/mol. The topological polar surface area (TPSA) is 91.0 Å². The summed E-state index contributed by atoms with van der Waals surface area (Å²) in [7, 11) is 0. The molecule has 0 saturated carbocycles. The third-order valence-electron chi connectivity index (χ3n) is 5.32. The van der Waals surface area contributed by atoms with Gasteiger partial charge in [-0.2, -0.15) is 0 Å². The molecule has 0 atom stereocenters. The van der Waals surface area contributed by atoms with E-state index in [1.165, 1.54) is 4.90 Å². The Morgan fingerprint density at radius 2 is 1.60 bits per heavy atom. The van der Waals surface area contributed by atoms with Gasteiger partial charge in [-0.05, 0) is 48.2 Å². The Hall–Kier alpha value is -4.00. The molecule has 0 spiro atoms. The maximum atomic E-state index is 12.9. The van der Waals surface area contributed by atoms with Gasteiger partial charge in [0.05, 0.1) is 0 Å². The van der Waals surface area contributed by atoms with Gasteiger partial charge < -0.3 is 10.3 Å². The van der Waals surface area contributed by atoms with Crippen LogP contribution in [0.2, 0.25) is 0 Å². The summed E-state index contributed by atoms with van der Waals surface area (Å²) < 4.78 is 0. The quantitative estimate of drug-likeness (QED) is 0.382. The molecule has 5 rings (SSSR count). The molecule has 0 unspecified atom stereocenters. The van der Waals surface area contributed by atoms with Crippen molar-refractivity contribution in [3.8, 4) is 11.4 Å². The molecule has 1 aliphatic rings. The van der Waals surface area contributed by atoms with Crippen molar-refractivity contribution in [2.24, 2.45) is 0 Å². The summed E-state index contributed by atoms with van der Waals surface area (Å²) in [5.74, 6) is 0.278. The first-order valence-corrected chi connectivity index (χ1v) is 9.81. The lowest BCUT2D eigenvalue weighted by Crippen LogP contribution is -2.41. The van der Waals surface area contributed by atoms with Crippen molar-refractivity contribution in [1.82, 2.24) is 20.1 Å². The van der Waals surface area contributed by atoms with Crippen molar-refractivity contribution < 1.29 is 9.59 Å². The normalized spacial score (nSPS) is 13.1. The predicted octanol–water partition coefficient (Wildman–Crippen LogP) is 3.72. The smallest absolute Gasteiger partial charge is 0.261 e. The molecule has 2 N–H and O–H groups in total. The highest BCUT2D eigenvalue weighted by Crippen LogP contribution is 2.30. The minimum atomic E-state index is -0.222. The van der Waals surface area contributed by atoms with E-state index in [0.717, 1.165) is 27.8 Å². The van der Waals surface area contributed by atoms with E-state index in [0.29, 0.717) is 30.6 Å². The lowest BCUT2D eigenvalue weighted by atomic mass is 9.94. The molecule has 1 aliphatic heterocycles. The van der Waals surface area contributed by atoms with Crippen molar-refractivity contribution in [3.63, 3.8) is 0 Å². The molecule has 7 heteroatoms. The van der Waals surface area contributed by atoms with Gasteiger partial charge in [0.1, 0.15) is 6.33 Å². The molecule has 4 aromatic rings. The van der Waals surface area contributed by atoms with Crippen LogP contribution < -0.4 is 5.32 Å². The number of carbonyl (C=O) groups excluding carboxylic acids is 2. The number of hydrogen-bond donors (Lipinski definition) is 2. The third kappa shape index (κ3) is 3.10. The minimum Gasteiger partial charge on any atom is -0.385 e. The van der Waals surface area contributed by atoms with Crippen molar-refractivity contribution in [2.75, 3.05) is 18.4 Å². The summed E-state index contributed by atoms with van der Waals surface area (Å²) in [6, 6.07) is 19.0. The molecular formula is C23H19N5O2. The molecule has 0 aliphatic carbocycles. The number of H-pyrrole nitrogens is 1. The SMILES string of the molecule is O=C1c2cccc3cccc(c23)C(=O)N1CCCNc1ccc(-c2nnc[nH]2)cc1. The monoisotopic (exact) mass is 397 g/mol. The molecule has 2 amide bonds. The van der Waals surface area contributed by atoms with Crippen molar-refractivity contribution in [1.29, 1.82) is 0 Å². The number of amides is 2. The van der Waals surface area contributed by atoms with E-state index >= 15 is 0 Å². The Morgan fingerprint density at radius 3 is 2.23 bits per heavy atom. The van der Waals surface area contributed by atoms with Gasteiger partial charge >= 0.3 is 0 Å². The molecular weight excluding hydrogens is 378 g/mol. The lowest BCUT2D eigenvalue weighted by molar-refractivity contribution is 0.0610. The molecule has 1 aromatic heterocycles. The molecule has 0 bridgehead atoms. The van der Waals surface area contributed by atoms with Crippen LogP contribution >= 0.6 is 0 Å². The Balaban J connectivity index is 1.23. The number of aromatic nitrogens is 3. The Labute approximate surface area is 172 Å². The summed E-state index contributed by atoms with van der Waals surface area (Å²) in [5.41, 5.74) is 3.11. The highest BCUT2D eigenvalue weighted by molar-refractivity contribution is 6.25. The molecule has 0 fully saturated rings. The molecule has 7 nitrogen and oxygen atoms in total. The van der Waals surface area contributed by atoms with Gasteiger partial charge in [0.2, 0.25) is 0 Å². The fourth-order valence-electron chi connectivity index (χ4n) is 3.85. The number of nitrogens with zero attached hydrogens (tertiary/aromatic N) is 3. The zero-order chi connectivity index (χ0) is 20.5. The summed E-state index contributed by atoms with van der Waals surface area (Å²) in [6.45, 7) is 1.01. The fraction of sp³-hybridized carbons (Fsp3) is 0.130. The van der Waals surface area contributed by atoms with Gasteiger partial charge in [0.25, 0.3) is 11.8 Å². The van der Waals surface area contributed by atoms with Crippen molar-refractivity contribution in [2.45, 2.75) is 6.42 Å². The first-order chi connectivity index (χ1) is 14.7. The first kappa shape index (κ1) is 18.1. The lowest BCUT2D eigenvalue weighted by Gasteiger charge is -2.27. The van der Waals surface area contributed by atoms with Crippen LogP contribution in [0.5, 0.6) is 0 Å². The second-order valence-electron chi connectivity index (χ2n) is 7.17. The van der Waals surface area contributed by atoms with Gasteiger partial charge in [-0.3, -0.25) is 14.5 Å². The van der Waals surface area contributed by atoms with Crippen LogP contribution in [0, 0.1) is 0 Å². The molecule has 0 saturated heterocycles. The number of aromatic amines is 1. The van der Waals surface area contributed by atoms with Crippen LogP contribution in [-0.2, 0) is 0 Å². The highest BCUT2D eigenvalue weighted by Gasteiger charge is 2.31. The summed E-state index contributed by atoms with van der Waals surface area (Å²) in [6.07, 6.45) is 2.20. The Morgan fingerprint density at radius 1 is 0.900 bits per heavy atom. The van der Waals surface area contributed by atoms with Crippen LogP contribution in [-0.4, -0.2) is 45.0 Å². The number of imide groups is 1. The molecule has 3 aromatic carbocycles. The molecule has 0 radical (unpaired) electrons. The number of carbonyl (C=O) groups is 2. The fourth-order valence-corrected chi connectivity index (χ4v) is 3.85. The van der Waals surface area contributed by atoms with Gasteiger partial charge in [-0.25, -0.2) is 0 Å². The van der Waals surface area contributed by atoms with Crippen LogP contribution in [0.1, 0.15) is 27.1 Å². The van der Waals surface area contributed by atoms with Gasteiger partial charge in [-0.15, -0.1) is 10.2 Å². The summed E-state index contributed by atoms with van der Waals surface area (Å²) >= 11 is 0. The second-order valence-corrected chi connectivity index (χ2v) is 7.17. The van der Waals surface area contributed by atoms with Crippen LogP contribution in [0.25, 0.3) is 22.2 Å². The number of rotatable bonds is 6. The highest BCUT2D eigenvalue weighted by atomic mass is 16.2. The van der Waals surface area contributed by atoms with Crippen LogP contribution in [0.4, 0.5) is 5.69 Å². The van der Waals surface area contributed by atoms with E-state index in [9.17, 15) is 9.59 Å². The summed E-state index contributed by atoms with van der Waals surface area (Å²) in [5, 5.41) is 12.8. The maximum Gasteiger partial charge on any atom is 0.261 e. The van der Waals surface area contributed by atoms with Gasteiger partial charge in [-0.1, -0.05) is 24.3 Å². The van der Waals surface area contributed by atoms with Crippen molar-refractivity contribution in [3.05, 3.63) is 78.1 Å². The van der Waals surface area contributed by atoms with E-state index in [1.807, 2.05) is 48.5 Å². The number of anilines is 1. The largest absolute Gasteiger partial charge is 0.385 e. The Bertz CT molecular complexity index is 1180. The number of nitrogens with one attached hydrogen (secondary N) is 2. The average Bonchev–Trinajstić information content (AvgIpc) is 3.32. The molecule has 2 heterocycles. The van der Waals surface area contributed by atoms with E-state index in [1.54, 1.807) is 18.5 Å². The molecule has 30 heavy (non-hydrogen) atoms. The van der Waals surface area contributed by atoms with Crippen molar-refractivity contribution >= 4 is 28.3 Å². The number of hydrogen-bond acceptors (Lipinski definition) is 5. The van der Waals surface area contributed by atoms with E-state index in [2.05, 4.69) is 20.5 Å². The summed E-state index contributed by atoms with van der Waals surface area (Å²) in [4.78, 5) is 30.1. The number of benzene rings is 3. The van der Waals surface area contributed by atoms with E-state index in [-0.39, 0.29) is 11.8 Å². The minimum absolute atomic E-state index is 0.222. The van der Waals surface area contributed by atoms with Gasteiger partial charge in [0.15, 0.2) is 5.82 Å². The zero-order valence-corrected chi connectivity index (χ0v) is 16.1. The van der Waals surface area contributed by atoms with Crippen LogP contribution in [0.15, 0.2) is 67.0 Å². The van der Waals surface area contributed by atoms with E-state index in [4.69, 9.17) is 0 Å². The molecule has 148 valence electrons. The standard InChI is InChI=1S/C23H19N5O2/c29-22-18-6-1-4-15-5-2-7-19(20(15)18)23(30)28(22)13-3-12-24-17-10-8-16(9-11-17)21-25-14-26-27-21/h1-2,4-11,14,24H,3,12-13H2,(H,25,26,27). The third-order valence-corrected chi connectivity index (χ3v) is 5.32. The first-order valence-electron chi connectivity index (χ1n) is 9.81. The predicted molar refractivity (Wildman–Crippen MR) is 114 cm³/mol. The zero-order valence-electron chi connectivity index (χ0n) is 16.1. The second kappa shape index (κ2) is 7.44. The van der Waals surface area contributed by atoms with E-state index < -0.39 is 0 Å². The maximum absolute atomic E-state index is 12.9. The van der Waals surface area contributed by atoms with Crippen LogP contribution in [0.3, 0.4) is 0 Å². The Kier molecular flexibility index (Phi) is 4.48. The van der Waals surface area contributed by atoms with Gasteiger partial charge in [0, 0.05) is 40.9 Å².